The second-order valence-electron chi connectivity index (χ2n) is 3.80. The summed E-state index contributed by atoms with van der Waals surface area (Å²) in [6.07, 6.45) is 0. The quantitative estimate of drug-likeness (QED) is 0.543. The number of carbonyl (C=O) groups excluding carboxylic acids is 1. The molecule has 0 aliphatic carbocycles. The highest BCUT2D eigenvalue weighted by Crippen LogP contribution is 2.16. The molecule has 0 heterocycles. The fraction of sp³-hybridized carbons (Fsp3) is 0.333. The van der Waals surface area contributed by atoms with E-state index in [0.717, 1.165) is 16.8 Å². The number of nitrogens with two attached hydrogens (primary N) is 1. The molecule has 0 fully saturated rings. The third kappa shape index (κ3) is 4.40. The molecule has 1 amide bonds. The van der Waals surface area contributed by atoms with E-state index in [-0.39, 0.29) is 5.91 Å². The van der Waals surface area contributed by atoms with Crippen LogP contribution in [0.5, 0.6) is 0 Å². The van der Waals surface area contributed by atoms with Crippen LogP contribution in [0.2, 0.25) is 0 Å². The number of hydrogen-bond donors (Lipinski definition) is 3. The minimum Gasteiger partial charge on any atom is -0.389 e. The maximum absolute atomic E-state index is 10.7. The van der Waals surface area contributed by atoms with Gasteiger partial charge in [0, 0.05) is 31.3 Å². The van der Waals surface area contributed by atoms with Gasteiger partial charge in [0.1, 0.15) is 4.99 Å². The van der Waals surface area contributed by atoms with Gasteiger partial charge in [-0.05, 0) is 30.7 Å². The standard InChI is InChI=1S/C12H17N3OS/c1-8-7-10(12(13)17)3-4-11(8)15-6-5-14-9(2)16/h3-4,7,15H,5-6H2,1-2H3,(H2,13,17)(H,14,16). The Morgan fingerprint density at radius 2 is 2.12 bits per heavy atom. The lowest BCUT2D eigenvalue weighted by Crippen LogP contribution is -2.26. The Hall–Kier alpha value is -1.62. The van der Waals surface area contributed by atoms with E-state index in [1.807, 2.05) is 25.1 Å². The third-order valence-electron chi connectivity index (χ3n) is 2.33. The van der Waals surface area contributed by atoms with Crippen LogP contribution in [-0.4, -0.2) is 24.0 Å². The summed E-state index contributed by atoms with van der Waals surface area (Å²) < 4.78 is 0. The minimum atomic E-state index is -0.0210. The van der Waals surface area contributed by atoms with E-state index in [0.29, 0.717) is 18.1 Å². The average molecular weight is 251 g/mol. The summed E-state index contributed by atoms with van der Waals surface area (Å²) in [4.78, 5) is 11.1. The Labute approximate surface area is 107 Å². The lowest BCUT2D eigenvalue weighted by molar-refractivity contribution is -0.118. The van der Waals surface area contributed by atoms with Crippen LogP contribution in [0.25, 0.3) is 0 Å². The van der Waals surface area contributed by atoms with Gasteiger partial charge in [-0.2, -0.15) is 0 Å². The maximum atomic E-state index is 10.7. The summed E-state index contributed by atoms with van der Waals surface area (Å²) in [7, 11) is 0. The first-order valence-corrected chi connectivity index (χ1v) is 5.80. The second kappa shape index (κ2) is 6.20. The summed E-state index contributed by atoms with van der Waals surface area (Å²) in [5.41, 5.74) is 8.52. The van der Waals surface area contributed by atoms with Gasteiger partial charge in [0.2, 0.25) is 5.91 Å². The first-order chi connectivity index (χ1) is 8.00. The summed E-state index contributed by atoms with van der Waals surface area (Å²) in [6.45, 7) is 4.78. The third-order valence-corrected chi connectivity index (χ3v) is 2.56. The van der Waals surface area contributed by atoms with Crippen molar-refractivity contribution in [1.29, 1.82) is 0 Å². The molecule has 4 N–H and O–H groups in total. The van der Waals surface area contributed by atoms with E-state index >= 15 is 0 Å². The van der Waals surface area contributed by atoms with Crippen molar-refractivity contribution < 1.29 is 4.79 Å². The van der Waals surface area contributed by atoms with Crippen LogP contribution in [0.3, 0.4) is 0 Å². The highest BCUT2D eigenvalue weighted by molar-refractivity contribution is 7.80. The molecule has 0 aliphatic heterocycles. The molecule has 0 aromatic heterocycles. The molecule has 1 aromatic carbocycles. The van der Waals surface area contributed by atoms with E-state index in [9.17, 15) is 4.79 Å². The van der Waals surface area contributed by atoms with Gasteiger partial charge in [0.15, 0.2) is 0 Å². The van der Waals surface area contributed by atoms with Gasteiger partial charge in [-0.15, -0.1) is 0 Å². The van der Waals surface area contributed by atoms with E-state index in [4.69, 9.17) is 18.0 Å². The second-order valence-corrected chi connectivity index (χ2v) is 4.24. The summed E-state index contributed by atoms with van der Waals surface area (Å²) in [6, 6.07) is 5.77. The molecule has 0 aliphatic rings. The van der Waals surface area contributed by atoms with Gasteiger partial charge in [0.25, 0.3) is 0 Å². The van der Waals surface area contributed by atoms with E-state index < -0.39 is 0 Å². The van der Waals surface area contributed by atoms with E-state index in [1.165, 1.54) is 6.92 Å². The zero-order chi connectivity index (χ0) is 12.8. The molecule has 0 bridgehead atoms. The van der Waals surface area contributed by atoms with E-state index in [1.54, 1.807) is 0 Å². The number of hydrogen-bond acceptors (Lipinski definition) is 3. The number of thiocarbonyl (C=S) groups is 1. The largest absolute Gasteiger partial charge is 0.389 e. The number of rotatable bonds is 5. The molecular formula is C12H17N3OS. The first-order valence-electron chi connectivity index (χ1n) is 5.39. The van der Waals surface area contributed by atoms with Crippen molar-refractivity contribution >= 4 is 28.8 Å². The van der Waals surface area contributed by atoms with Gasteiger partial charge >= 0.3 is 0 Å². The molecule has 17 heavy (non-hydrogen) atoms. The zero-order valence-corrected chi connectivity index (χ0v) is 10.9. The molecule has 4 nitrogen and oxygen atoms in total. The minimum absolute atomic E-state index is 0.0210. The van der Waals surface area contributed by atoms with Gasteiger partial charge < -0.3 is 16.4 Å². The van der Waals surface area contributed by atoms with Crippen molar-refractivity contribution in [2.45, 2.75) is 13.8 Å². The van der Waals surface area contributed by atoms with Gasteiger partial charge in [-0.25, -0.2) is 0 Å². The van der Waals surface area contributed by atoms with Crippen molar-refractivity contribution in [2.24, 2.45) is 5.73 Å². The molecule has 0 unspecified atom stereocenters. The number of amides is 1. The van der Waals surface area contributed by atoms with Crippen LogP contribution in [0.4, 0.5) is 5.69 Å². The molecule has 1 aromatic rings. The summed E-state index contributed by atoms with van der Waals surface area (Å²) in [5, 5.41) is 5.96. The van der Waals surface area contributed by atoms with Crippen molar-refractivity contribution in [3.8, 4) is 0 Å². The summed E-state index contributed by atoms with van der Waals surface area (Å²) >= 11 is 4.91. The number of anilines is 1. The van der Waals surface area contributed by atoms with Crippen LogP contribution >= 0.6 is 12.2 Å². The van der Waals surface area contributed by atoms with Crippen LogP contribution in [0.15, 0.2) is 18.2 Å². The van der Waals surface area contributed by atoms with Gasteiger partial charge in [0.05, 0.1) is 0 Å². The van der Waals surface area contributed by atoms with E-state index in [2.05, 4.69) is 10.6 Å². The first kappa shape index (κ1) is 13.4. The lowest BCUT2D eigenvalue weighted by atomic mass is 10.1. The van der Waals surface area contributed by atoms with Crippen molar-refractivity contribution in [2.75, 3.05) is 18.4 Å². The van der Waals surface area contributed by atoms with Crippen LogP contribution in [0, 0.1) is 6.92 Å². The Morgan fingerprint density at radius 1 is 1.41 bits per heavy atom. The number of carbonyl (C=O) groups is 1. The highest BCUT2D eigenvalue weighted by Gasteiger charge is 2.01. The number of nitrogens with one attached hydrogen (secondary N) is 2. The maximum Gasteiger partial charge on any atom is 0.216 e. The zero-order valence-electron chi connectivity index (χ0n) is 10.0. The van der Waals surface area contributed by atoms with Crippen LogP contribution in [0.1, 0.15) is 18.1 Å². The summed E-state index contributed by atoms with van der Waals surface area (Å²) in [5.74, 6) is -0.0210. The van der Waals surface area contributed by atoms with Crippen LogP contribution in [-0.2, 0) is 4.79 Å². The monoisotopic (exact) mass is 251 g/mol. The van der Waals surface area contributed by atoms with Crippen LogP contribution < -0.4 is 16.4 Å². The van der Waals surface area contributed by atoms with Gasteiger partial charge in [-0.1, -0.05) is 12.2 Å². The lowest BCUT2D eigenvalue weighted by Gasteiger charge is -2.11. The molecule has 0 radical (unpaired) electrons. The molecule has 0 spiro atoms. The fourth-order valence-corrected chi connectivity index (χ4v) is 1.58. The smallest absolute Gasteiger partial charge is 0.216 e. The molecule has 0 saturated carbocycles. The SMILES string of the molecule is CC(=O)NCCNc1ccc(C(N)=S)cc1C. The van der Waals surface area contributed by atoms with Crippen molar-refractivity contribution in [1.82, 2.24) is 5.32 Å². The molecule has 5 heteroatoms. The predicted octanol–water partition coefficient (Wildman–Crippen LogP) is 1.18. The predicted molar refractivity (Wildman–Crippen MR) is 74.2 cm³/mol. The molecule has 0 atom stereocenters. The molecule has 1 rings (SSSR count). The number of benzene rings is 1. The Bertz CT molecular complexity index is 432. The molecule has 92 valence electrons. The molecule has 0 saturated heterocycles. The van der Waals surface area contributed by atoms with Crippen molar-refractivity contribution in [3.05, 3.63) is 29.3 Å². The normalized spacial score (nSPS) is 9.76. The molecular weight excluding hydrogens is 234 g/mol. The van der Waals surface area contributed by atoms with Gasteiger partial charge in [-0.3, -0.25) is 4.79 Å². The average Bonchev–Trinajstić information content (AvgIpc) is 2.25. The highest BCUT2D eigenvalue weighted by atomic mass is 32.1. The Morgan fingerprint density at radius 3 is 2.65 bits per heavy atom. The Balaban J connectivity index is 2.54. The number of aryl methyl sites for hydroxylation is 1. The fourth-order valence-electron chi connectivity index (χ4n) is 1.45. The topological polar surface area (TPSA) is 67.2 Å². The Kier molecular flexibility index (Phi) is 4.90. The van der Waals surface area contributed by atoms with Crippen molar-refractivity contribution in [3.63, 3.8) is 0 Å².